The molecule has 4 nitrogen and oxygen atoms in total. The fourth-order valence-electron chi connectivity index (χ4n) is 4.36. The van der Waals surface area contributed by atoms with Crippen LogP contribution in [0, 0.1) is 0 Å². The maximum atomic E-state index is 13.1. The van der Waals surface area contributed by atoms with Crippen molar-refractivity contribution in [3.8, 4) is 5.75 Å². The second-order valence-electron chi connectivity index (χ2n) is 7.41. The number of nitrogens with zero attached hydrogens (tertiary/aromatic N) is 2. The maximum Gasteiger partial charge on any atom is 0.255 e. The number of hydrogen-bond donors (Lipinski definition) is 0. The van der Waals surface area contributed by atoms with Crippen LogP contribution in [-0.2, 0) is 0 Å². The first kappa shape index (κ1) is 18.5. The quantitative estimate of drug-likeness (QED) is 0.735. The van der Waals surface area contributed by atoms with Gasteiger partial charge in [-0.3, -0.25) is 9.69 Å². The van der Waals surface area contributed by atoms with Gasteiger partial charge in [0.2, 0.25) is 0 Å². The number of rotatable bonds is 3. The zero-order valence-electron chi connectivity index (χ0n) is 15.6. The highest BCUT2D eigenvalue weighted by Crippen LogP contribution is 2.33. The van der Waals surface area contributed by atoms with E-state index < -0.39 is 0 Å². The summed E-state index contributed by atoms with van der Waals surface area (Å²) in [5.41, 5.74) is 2.12. The maximum absolute atomic E-state index is 13.1. The zero-order chi connectivity index (χ0) is 18.8. The molecular formula is C22H25BrN2O2. The Morgan fingerprint density at radius 2 is 1.85 bits per heavy atom. The molecule has 2 aliphatic heterocycles. The Morgan fingerprint density at radius 1 is 1.04 bits per heavy atom. The third-order valence-electron chi connectivity index (χ3n) is 5.88. The predicted octanol–water partition coefficient (Wildman–Crippen LogP) is 4.16. The van der Waals surface area contributed by atoms with Gasteiger partial charge in [0.05, 0.1) is 17.1 Å². The fourth-order valence-corrected chi connectivity index (χ4v) is 4.96. The Labute approximate surface area is 169 Å². The van der Waals surface area contributed by atoms with Crippen molar-refractivity contribution in [3.63, 3.8) is 0 Å². The third-order valence-corrected chi connectivity index (χ3v) is 6.70. The van der Waals surface area contributed by atoms with Gasteiger partial charge in [-0.1, -0.05) is 36.4 Å². The second kappa shape index (κ2) is 8.03. The lowest BCUT2D eigenvalue weighted by molar-refractivity contribution is 0.0328. The molecule has 0 N–H and O–H groups in total. The molecular weight excluding hydrogens is 404 g/mol. The molecule has 0 bridgehead atoms. The van der Waals surface area contributed by atoms with Crippen LogP contribution in [0.3, 0.4) is 0 Å². The van der Waals surface area contributed by atoms with Crippen molar-refractivity contribution in [2.24, 2.45) is 0 Å². The summed E-state index contributed by atoms with van der Waals surface area (Å²) in [5, 5.41) is 0. The Balaban J connectivity index is 1.43. The van der Waals surface area contributed by atoms with Gasteiger partial charge in [0.25, 0.3) is 5.91 Å². The van der Waals surface area contributed by atoms with E-state index in [2.05, 4.69) is 51.2 Å². The first-order valence-electron chi connectivity index (χ1n) is 9.58. The monoisotopic (exact) mass is 428 g/mol. The molecule has 2 aromatic rings. The minimum Gasteiger partial charge on any atom is -0.496 e. The Kier molecular flexibility index (Phi) is 5.50. The van der Waals surface area contributed by atoms with Crippen LogP contribution in [0.5, 0.6) is 5.75 Å². The highest BCUT2D eigenvalue weighted by Gasteiger charge is 2.35. The van der Waals surface area contributed by atoms with E-state index in [1.165, 1.54) is 12.0 Å². The van der Waals surface area contributed by atoms with Crippen LogP contribution in [0.1, 0.15) is 34.7 Å². The Hall–Kier alpha value is -1.85. The smallest absolute Gasteiger partial charge is 0.255 e. The number of piperidine rings is 1. The number of fused-ring (bicyclic) bond motifs is 1. The molecule has 1 amide bonds. The zero-order valence-corrected chi connectivity index (χ0v) is 17.2. The Morgan fingerprint density at radius 3 is 2.63 bits per heavy atom. The van der Waals surface area contributed by atoms with Gasteiger partial charge in [-0.05, 0) is 52.4 Å². The molecule has 2 fully saturated rings. The third kappa shape index (κ3) is 3.76. The van der Waals surface area contributed by atoms with E-state index in [0.717, 1.165) is 37.1 Å². The largest absolute Gasteiger partial charge is 0.496 e. The van der Waals surface area contributed by atoms with E-state index in [9.17, 15) is 4.79 Å². The number of carbonyl (C=O) groups excluding carboxylic acids is 1. The normalized spacial score (nSPS) is 23.0. The molecule has 0 aromatic heterocycles. The molecule has 2 atom stereocenters. The lowest BCUT2D eigenvalue weighted by Gasteiger charge is -2.46. The summed E-state index contributed by atoms with van der Waals surface area (Å²) in [6.07, 6.45) is 2.33. The number of amides is 1. The van der Waals surface area contributed by atoms with Crippen molar-refractivity contribution >= 4 is 21.8 Å². The van der Waals surface area contributed by atoms with Gasteiger partial charge in [-0.2, -0.15) is 0 Å². The molecule has 5 heteroatoms. The van der Waals surface area contributed by atoms with Gasteiger partial charge in [0.1, 0.15) is 5.75 Å². The summed E-state index contributed by atoms with van der Waals surface area (Å²) in [6.45, 7) is 3.63. The van der Waals surface area contributed by atoms with Gasteiger partial charge in [0.15, 0.2) is 0 Å². The van der Waals surface area contributed by atoms with Crippen LogP contribution in [0.4, 0.5) is 0 Å². The average molecular weight is 429 g/mol. The van der Waals surface area contributed by atoms with Gasteiger partial charge in [0, 0.05) is 32.2 Å². The number of carbonyl (C=O) groups is 1. The van der Waals surface area contributed by atoms with Gasteiger partial charge in [-0.25, -0.2) is 0 Å². The number of methoxy groups -OCH3 is 1. The molecule has 0 spiro atoms. The van der Waals surface area contributed by atoms with Crippen LogP contribution in [0.25, 0.3) is 0 Å². The highest BCUT2D eigenvalue weighted by atomic mass is 79.9. The molecule has 0 unspecified atom stereocenters. The number of benzene rings is 2. The topological polar surface area (TPSA) is 32.8 Å². The molecule has 142 valence electrons. The van der Waals surface area contributed by atoms with Crippen LogP contribution in [0.15, 0.2) is 53.0 Å². The molecule has 2 aliphatic rings. The van der Waals surface area contributed by atoms with E-state index in [1.807, 2.05) is 23.1 Å². The van der Waals surface area contributed by atoms with Crippen molar-refractivity contribution in [2.45, 2.75) is 24.8 Å². The molecule has 0 saturated carbocycles. The van der Waals surface area contributed by atoms with E-state index in [4.69, 9.17) is 4.74 Å². The highest BCUT2D eigenvalue weighted by molar-refractivity contribution is 9.10. The lowest BCUT2D eigenvalue weighted by atomic mass is 9.86. The first-order chi connectivity index (χ1) is 13.2. The molecule has 0 radical (unpaired) electrons. The summed E-state index contributed by atoms with van der Waals surface area (Å²) in [7, 11) is 1.62. The average Bonchev–Trinajstić information content (AvgIpc) is 2.73. The van der Waals surface area contributed by atoms with E-state index in [0.29, 0.717) is 23.3 Å². The van der Waals surface area contributed by atoms with E-state index in [1.54, 1.807) is 7.11 Å². The Bertz CT molecular complexity index is 811. The molecule has 2 saturated heterocycles. The number of ether oxygens (including phenoxy) is 1. The van der Waals surface area contributed by atoms with Crippen molar-refractivity contribution in [1.82, 2.24) is 9.80 Å². The minimum absolute atomic E-state index is 0.0885. The van der Waals surface area contributed by atoms with Crippen molar-refractivity contribution < 1.29 is 9.53 Å². The molecule has 0 aliphatic carbocycles. The summed E-state index contributed by atoms with van der Waals surface area (Å²) < 4.78 is 6.08. The van der Waals surface area contributed by atoms with Crippen molar-refractivity contribution in [1.29, 1.82) is 0 Å². The summed E-state index contributed by atoms with van der Waals surface area (Å²) in [6, 6.07) is 16.9. The fraction of sp³-hybridized carbons (Fsp3) is 0.409. The van der Waals surface area contributed by atoms with Crippen LogP contribution < -0.4 is 4.74 Å². The lowest BCUT2D eigenvalue weighted by Crippen LogP contribution is -2.57. The number of halogens is 1. The van der Waals surface area contributed by atoms with Crippen molar-refractivity contribution in [3.05, 3.63) is 64.1 Å². The number of hydrogen-bond acceptors (Lipinski definition) is 3. The predicted molar refractivity (Wildman–Crippen MR) is 110 cm³/mol. The van der Waals surface area contributed by atoms with Gasteiger partial charge < -0.3 is 9.64 Å². The first-order valence-corrected chi connectivity index (χ1v) is 10.4. The summed E-state index contributed by atoms with van der Waals surface area (Å²) in [4.78, 5) is 17.6. The summed E-state index contributed by atoms with van der Waals surface area (Å²) in [5.74, 6) is 1.39. The molecule has 27 heavy (non-hydrogen) atoms. The summed E-state index contributed by atoms with van der Waals surface area (Å²) >= 11 is 3.53. The standard InChI is InChI=1S/C22H25BrN2O2/c1-27-20-9-5-8-19(21(20)23)22(26)25-13-12-24-14-17(10-11-18(24)15-25)16-6-3-2-4-7-16/h2-9,17-18H,10-15H2,1H3/t17-,18+/m0/s1. The van der Waals surface area contributed by atoms with Gasteiger partial charge in [-0.15, -0.1) is 0 Å². The van der Waals surface area contributed by atoms with E-state index in [-0.39, 0.29) is 5.91 Å². The van der Waals surface area contributed by atoms with Crippen molar-refractivity contribution in [2.75, 3.05) is 33.3 Å². The van der Waals surface area contributed by atoms with E-state index >= 15 is 0 Å². The second-order valence-corrected chi connectivity index (χ2v) is 8.20. The van der Waals surface area contributed by atoms with Gasteiger partial charge >= 0.3 is 0 Å². The van der Waals surface area contributed by atoms with Crippen LogP contribution in [-0.4, -0.2) is 55.0 Å². The SMILES string of the molecule is COc1cccc(C(=O)N2CCN3C[C@@H](c4ccccc4)CC[C@@H]3C2)c1Br. The molecule has 2 aromatic carbocycles. The van der Waals surface area contributed by atoms with Crippen LogP contribution >= 0.6 is 15.9 Å². The number of piperazine rings is 1. The minimum atomic E-state index is 0.0885. The van der Waals surface area contributed by atoms with Crippen LogP contribution in [0.2, 0.25) is 0 Å². The molecule has 4 rings (SSSR count). The molecule has 2 heterocycles.